The van der Waals surface area contributed by atoms with Crippen LogP contribution >= 0.6 is 0 Å². The number of carbonyl (C=O) groups excluding carboxylic acids is 3. The molecule has 0 atom stereocenters. The van der Waals surface area contributed by atoms with Gasteiger partial charge in [-0.25, -0.2) is 0 Å². The zero-order valence-electron chi connectivity index (χ0n) is 11.6. The van der Waals surface area contributed by atoms with Crippen molar-refractivity contribution in [1.82, 2.24) is 20.4 Å². The molecular formula is C12H23N5O3. The fourth-order valence-electron chi connectivity index (χ4n) is 2.03. The summed E-state index contributed by atoms with van der Waals surface area (Å²) in [7, 11) is 0. The van der Waals surface area contributed by atoms with Crippen LogP contribution in [0.4, 0.5) is 0 Å². The van der Waals surface area contributed by atoms with E-state index >= 15 is 0 Å². The van der Waals surface area contributed by atoms with E-state index in [4.69, 9.17) is 5.73 Å². The van der Waals surface area contributed by atoms with Gasteiger partial charge in [0.1, 0.15) is 0 Å². The van der Waals surface area contributed by atoms with Gasteiger partial charge in [0, 0.05) is 52.4 Å². The molecule has 114 valence electrons. The molecule has 1 aliphatic heterocycles. The predicted molar refractivity (Wildman–Crippen MR) is 73.8 cm³/mol. The second-order valence-corrected chi connectivity index (χ2v) is 4.60. The van der Waals surface area contributed by atoms with Crippen LogP contribution in [0.5, 0.6) is 0 Å². The Kier molecular flexibility index (Phi) is 7.59. The fourth-order valence-corrected chi connectivity index (χ4v) is 2.03. The quantitative estimate of drug-likeness (QED) is 0.269. The van der Waals surface area contributed by atoms with E-state index in [-0.39, 0.29) is 0 Å². The molecule has 0 aromatic rings. The number of nitrogens with zero attached hydrogens (tertiary/aromatic N) is 2. The first kappa shape index (κ1) is 16.4. The Balaban J connectivity index is 2.21. The van der Waals surface area contributed by atoms with Crippen LogP contribution in [-0.2, 0) is 14.4 Å². The largest absolute Gasteiger partial charge is 0.359 e. The topological polar surface area (TPSA) is 108 Å². The van der Waals surface area contributed by atoms with Crippen LogP contribution in [0.15, 0.2) is 0 Å². The molecule has 1 heterocycles. The summed E-state index contributed by atoms with van der Waals surface area (Å²) >= 11 is 0. The molecule has 0 aliphatic carbocycles. The molecule has 1 rings (SSSR count). The number of amides is 3. The summed E-state index contributed by atoms with van der Waals surface area (Å²) in [6.45, 7) is 4.88. The van der Waals surface area contributed by atoms with Crippen LogP contribution < -0.4 is 16.4 Å². The summed E-state index contributed by atoms with van der Waals surface area (Å²) in [4.78, 5) is 37.3. The third kappa shape index (κ3) is 5.54. The molecule has 1 saturated heterocycles. The first-order valence-corrected chi connectivity index (χ1v) is 6.85. The molecule has 1 fully saturated rings. The zero-order chi connectivity index (χ0) is 14.8. The highest BCUT2D eigenvalue weighted by Gasteiger charge is 2.25. The minimum absolute atomic E-state index is 0.374. The average Bonchev–Trinajstić information content (AvgIpc) is 2.47. The van der Waals surface area contributed by atoms with Crippen LogP contribution in [0.2, 0.25) is 0 Å². The van der Waals surface area contributed by atoms with Crippen LogP contribution in [0.25, 0.3) is 0 Å². The Labute approximate surface area is 118 Å². The Morgan fingerprint density at radius 1 is 1.15 bits per heavy atom. The SMILES string of the molecule is NCCN1CCN(C(=O)C(=O)NCCCNC=O)CC1. The molecule has 3 amide bonds. The van der Waals surface area contributed by atoms with E-state index in [1.54, 1.807) is 4.90 Å². The van der Waals surface area contributed by atoms with E-state index in [9.17, 15) is 14.4 Å². The average molecular weight is 285 g/mol. The van der Waals surface area contributed by atoms with E-state index in [0.717, 1.165) is 19.6 Å². The molecule has 0 aromatic carbocycles. The van der Waals surface area contributed by atoms with Gasteiger partial charge in [0.15, 0.2) is 0 Å². The van der Waals surface area contributed by atoms with Crippen molar-refractivity contribution in [3.05, 3.63) is 0 Å². The number of hydrogen-bond acceptors (Lipinski definition) is 5. The van der Waals surface area contributed by atoms with Gasteiger partial charge in [-0.2, -0.15) is 0 Å². The smallest absolute Gasteiger partial charge is 0.311 e. The van der Waals surface area contributed by atoms with Gasteiger partial charge in [0.25, 0.3) is 0 Å². The molecule has 0 radical (unpaired) electrons. The van der Waals surface area contributed by atoms with Gasteiger partial charge in [0.2, 0.25) is 6.41 Å². The number of piperazine rings is 1. The van der Waals surface area contributed by atoms with Gasteiger partial charge >= 0.3 is 11.8 Å². The summed E-state index contributed by atoms with van der Waals surface area (Å²) in [5.74, 6) is -1.07. The predicted octanol–water partition coefficient (Wildman–Crippen LogP) is -2.66. The molecule has 0 aromatic heterocycles. The minimum atomic E-state index is -0.580. The van der Waals surface area contributed by atoms with Crippen molar-refractivity contribution in [3.8, 4) is 0 Å². The zero-order valence-corrected chi connectivity index (χ0v) is 11.6. The highest BCUT2D eigenvalue weighted by Crippen LogP contribution is 2.01. The maximum absolute atomic E-state index is 11.9. The Bertz CT molecular complexity index is 329. The first-order valence-electron chi connectivity index (χ1n) is 6.85. The number of rotatable bonds is 7. The lowest BCUT2D eigenvalue weighted by atomic mass is 10.3. The van der Waals surface area contributed by atoms with Gasteiger partial charge in [-0.15, -0.1) is 0 Å². The van der Waals surface area contributed by atoms with Crippen molar-refractivity contribution in [2.75, 3.05) is 52.4 Å². The number of hydrogen-bond donors (Lipinski definition) is 3. The standard InChI is InChI=1S/C12H23N5O3/c13-2-5-16-6-8-17(9-7-16)12(20)11(19)15-4-1-3-14-10-18/h10H,1-9,13H2,(H,14,18)(H,15,19). The van der Waals surface area contributed by atoms with Gasteiger partial charge in [0.05, 0.1) is 0 Å². The number of nitrogens with two attached hydrogens (primary N) is 1. The van der Waals surface area contributed by atoms with Crippen molar-refractivity contribution >= 4 is 18.2 Å². The molecule has 0 unspecified atom stereocenters. The second kappa shape index (κ2) is 9.27. The maximum atomic E-state index is 11.9. The van der Waals surface area contributed by atoms with E-state index in [0.29, 0.717) is 45.6 Å². The Hall–Kier alpha value is -1.67. The lowest BCUT2D eigenvalue weighted by molar-refractivity contribution is -0.146. The van der Waals surface area contributed by atoms with E-state index < -0.39 is 11.8 Å². The summed E-state index contributed by atoms with van der Waals surface area (Å²) in [6, 6.07) is 0. The van der Waals surface area contributed by atoms with E-state index in [2.05, 4.69) is 15.5 Å². The van der Waals surface area contributed by atoms with Crippen LogP contribution in [0.3, 0.4) is 0 Å². The normalized spacial score (nSPS) is 15.8. The van der Waals surface area contributed by atoms with Crippen molar-refractivity contribution in [3.63, 3.8) is 0 Å². The third-order valence-electron chi connectivity index (χ3n) is 3.17. The van der Waals surface area contributed by atoms with E-state index in [1.165, 1.54) is 0 Å². The molecule has 1 aliphatic rings. The maximum Gasteiger partial charge on any atom is 0.311 e. The third-order valence-corrected chi connectivity index (χ3v) is 3.17. The van der Waals surface area contributed by atoms with Gasteiger partial charge in [-0.3, -0.25) is 19.3 Å². The number of nitrogens with one attached hydrogen (secondary N) is 2. The highest BCUT2D eigenvalue weighted by atomic mass is 16.2. The van der Waals surface area contributed by atoms with Crippen molar-refractivity contribution < 1.29 is 14.4 Å². The van der Waals surface area contributed by atoms with Gasteiger partial charge in [-0.05, 0) is 6.42 Å². The minimum Gasteiger partial charge on any atom is -0.359 e. The molecule has 0 spiro atoms. The first-order chi connectivity index (χ1) is 9.69. The number of carbonyl (C=O) groups is 3. The lowest BCUT2D eigenvalue weighted by Gasteiger charge is -2.34. The molecule has 20 heavy (non-hydrogen) atoms. The van der Waals surface area contributed by atoms with Crippen molar-refractivity contribution in [2.45, 2.75) is 6.42 Å². The van der Waals surface area contributed by atoms with Crippen molar-refractivity contribution in [1.29, 1.82) is 0 Å². The summed E-state index contributed by atoms with van der Waals surface area (Å²) in [5.41, 5.74) is 5.48. The summed E-state index contributed by atoms with van der Waals surface area (Å²) < 4.78 is 0. The van der Waals surface area contributed by atoms with Crippen LogP contribution in [0.1, 0.15) is 6.42 Å². The van der Waals surface area contributed by atoms with E-state index in [1.807, 2.05) is 0 Å². The highest BCUT2D eigenvalue weighted by molar-refractivity contribution is 6.35. The molecule has 4 N–H and O–H groups in total. The fraction of sp³-hybridized carbons (Fsp3) is 0.750. The van der Waals surface area contributed by atoms with Crippen LogP contribution in [-0.4, -0.2) is 80.4 Å². The monoisotopic (exact) mass is 285 g/mol. The molecule has 0 bridgehead atoms. The van der Waals surface area contributed by atoms with Gasteiger partial charge < -0.3 is 21.3 Å². The molecule has 0 saturated carbocycles. The Morgan fingerprint density at radius 3 is 2.45 bits per heavy atom. The summed E-state index contributed by atoms with van der Waals surface area (Å²) in [5, 5.41) is 5.04. The summed E-state index contributed by atoms with van der Waals surface area (Å²) in [6.07, 6.45) is 1.20. The van der Waals surface area contributed by atoms with Crippen LogP contribution in [0, 0.1) is 0 Å². The Morgan fingerprint density at radius 2 is 1.85 bits per heavy atom. The molecule has 8 heteroatoms. The van der Waals surface area contributed by atoms with Crippen molar-refractivity contribution in [2.24, 2.45) is 5.73 Å². The molecule has 8 nitrogen and oxygen atoms in total. The lowest BCUT2D eigenvalue weighted by Crippen LogP contribution is -2.53. The molecular weight excluding hydrogens is 262 g/mol. The van der Waals surface area contributed by atoms with Gasteiger partial charge in [-0.1, -0.05) is 0 Å². The second-order valence-electron chi connectivity index (χ2n) is 4.60.